The first-order chi connectivity index (χ1) is 11.3. The Morgan fingerprint density at radius 1 is 1.26 bits per heavy atom. The summed E-state index contributed by atoms with van der Waals surface area (Å²) in [5.74, 6) is 0.866. The Bertz CT molecular complexity index is 687. The van der Waals surface area contributed by atoms with Gasteiger partial charge in [0.15, 0.2) is 0 Å². The number of aromatic nitrogens is 2. The van der Waals surface area contributed by atoms with E-state index in [9.17, 15) is 4.79 Å². The first kappa shape index (κ1) is 14.3. The molecule has 23 heavy (non-hydrogen) atoms. The second kappa shape index (κ2) is 5.72. The Morgan fingerprint density at radius 2 is 2.09 bits per heavy atom. The molecule has 1 aromatic heterocycles. The zero-order chi connectivity index (χ0) is 15.7. The summed E-state index contributed by atoms with van der Waals surface area (Å²) >= 11 is 0. The van der Waals surface area contributed by atoms with Crippen LogP contribution in [0.25, 0.3) is 5.69 Å². The van der Waals surface area contributed by atoms with Crippen molar-refractivity contribution in [3.05, 3.63) is 48.5 Å². The van der Waals surface area contributed by atoms with E-state index >= 15 is 0 Å². The minimum Gasteiger partial charge on any atom is -0.338 e. The highest BCUT2D eigenvalue weighted by Crippen LogP contribution is 2.60. The fraction of sp³-hybridized carbons (Fsp3) is 0.444. The molecule has 5 nitrogen and oxygen atoms in total. The van der Waals surface area contributed by atoms with Crippen molar-refractivity contribution in [2.24, 2.45) is 11.3 Å². The van der Waals surface area contributed by atoms with E-state index < -0.39 is 0 Å². The Hall–Kier alpha value is -2.30. The predicted octanol–water partition coefficient (Wildman–Crippen LogP) is 2.86. The third kappa shape index (κ3) is 3.09. The molecule has 2 aliphatic carbocycles. The molecular formula is C18H22N4O. The van der Waals surface area contributed by atoms with Crippen LogP contribution in [0.2, 0.25) is 0 Å². The molecule has 1 aromatic carbocycles. The van der Waals surface area contributed by atoms with Gasteiger partial charge < -0.3 is 15.2 Å². The number of carbonyl (C=O) groups excluding carboxylic acids is 1. The summed E-state index contributed by atoms with van der Waals surface area (Å²) in [6.07, 6.45) is 10.7. The average Bonchev–Trinajstić information content (AvgIpc) is 3.49. The van der Waals surface area contributed by atoms with Crippen molar-refractivity contribution >= 4 is 6.03 Å². The molecule has 2 fully saturated rings. The van der Waals surface area contributed by atoms with Crippen LogP contribution in [-0.4, -0.2) is 22.1 Å². The minimum atomic E-state index is -0.0719. The maximum atomic E-state index is 12.1. The van der Waals surface area contributed by atoms with E-state index in [1.54, 1.807) is 12.5 Å². The lowest BCUT2D eigenvalue weighted by atomic mass is 10.0. The van der Waals surface area contributed by atoms with E-state index in [0.717, 1.165) is 23.7 Å². The van der Waals surface area contributed by atoms with Crippen molar-refractivity contribution in [1.29, 1.82) is 0 Å². The quantitative estimate of drug-likeness (QED) is 0.862. The van der Waals surface area contributed by atoms with Gasteiger partial charge in [0, 0.05) is 25.5 Å². The number of para-hydroxylation sites is 1. The summed E-state index contributed by atoms with van der Waals surface area (Å²) in [6.45, 7) is 1.34. The van der Waals surface area contributed by atoms with Crippen molar-refractivity contribution in [1.82, 2.24) is 20.2 Å². The van der Waals surface area contributed by atoms with Crippen LogP contribution in [0.4, 0.5) is 4.79 Å². The summed E-state index contributed by atoms with van der Waals surface area (Å²) in [5.41, 5.74) is 2.55. The fourth-order valence-electron chi connectivity index (χ4n) is 3.39. The van der Waals surface area contributed by atoms with Crippen LogP contribution in [0.3, 0.4) is 0 Å². The number of nitrogens with one attached hydrogen (secondary N) is 2. The number of hydrogen-bond donors (Lipinski definition) is 2. The van der Waals surface area contributed by atoms with Crippen molar-refractivity contribution in [2.45, 2.75) is 32.2 Å². The van der Waals surface area contributed by atoms with Crippen LogP contribution >= 0.6 is 0 Å². The molecule has 0 spiro atoms. The third-order valence-electron chi connectivity index (χ3n) is 5.15. The number of amides is 2. The van der Waals surface area contributed by atoms with Crippen LogP contribution in [0.5, 0.6) is 0 Å². The molecule has 2 aromatic rings. The zero-order valence-corrected chi connectivity index (χ0v) is 13.2. The molecule has 4 rings (SSSR count). The van der Waals surface area contributed by atoms with Gasteiger partial charge in [-0.15, -0.1) is 0 Å². The molecule has 2 saturated carbocycles. The maximum Gasteiger partial charge on any atom is 0.315 e. The molecule has 2 aliphatic rings. The molecule has 2 N–H and O–H groups in total. The summed E-state index contributed by atoms with van der Waals surface area (Å²) in [7, 11) is 0. The van der Waals surface area contributed by atoms with Crippen molar-refractivity contribution in [3.8, 4) is 5.69 Å². The lowest BCUT2D eigenvalue weighted by Gasteiger charge is -2.16. The summed E-state index contributed by atoms with van der Waals surface area (Å²) in [6, 6.07) is 7.97. The van der Waals surface area contributed by atoms with Gasteiger partial charge in [-0.1, -0.05) is 18.2 Å². The van der Waals surface area contributed by atoms with E-state index in [2.05, 4.69) is 15.6 Å². The second-order valence-corrected chi connectivity index (χ2v) is 6.77. The van der Waals surface area contributed by atoms with Crippen molar-refractivity contribution < 1.29 is 4.79 Å². The molecular weight excluding hydrogens is 288 g/mol. The average molecular weight is 310 g/mol. The Morgan fingerprint density at radius 3 is 2.78 bits per heavy atom. The van der Waals surface area contributed by atoms with E-state index in [1.807, 2.05) is 35.0 Å². The topological polar surface area (TPSA) is 59.0 Å². The maximum absolute atomic E-state index is 12.1. The minimum absolute atomic E-state index is 0.0719. The van der Waals surface area contributed by atoms with Gasteiger partial charge in [-0.3, -0.25) is 0 Å². The van der Waals surface area contributed by atoms with Crippen LogP contribution in [0.1, 0.15) is 31.2 Å². The molecule has 0 atom stereocenters. The largest absolute Gasteiger partial charge is 0.338 e. The van der Waals surface area contributed by atoms with Gasteiger partial charge in [0.1, 0.15) is 0 Å². The van der Waals surface area contributed by atoms with Crippen LogP contribution in [0, 0.1) is 11.3 Å². The molecule has 5 heteroatoms. The van der Waals surface area contributed by atoms with Gasteiger partial charge in [-0.2, -0.15) is 0 Å². The van der Waals surface area contributed by atoms with E-state index in [-0.39, 0.29) is 6.03 Å². The second-order valence-electron chi connectivity index (χ2n) is 6.77. The number of carbonyl (C=O) groups is 1. The fourth-order valence-corrected chi connectivity index (χ4v) is 3.39. The third-order valence-corrected chi connectivity index (χ3v) is 5.15. The SMILES string of the molecule is O=C(NCc1ccccc1-n1ccnc1)NCC1(C2CC2)CC1. The van der Waals surface area contributed by atoms with Gasteiger partial charge in [-0.05, 0) is 48.6 Å². The number of hydrogen-bond acceptors (Lipinski definition) is 2. The lowest BCUT2D eigenvalue weighted by molar-refractivity contribution is 0.236. The highest BCUT2D eigenvalue weighted by molar-refractivity contribution is 5.74. The number of urea groups is 1. The Labute approximate surface area is 136 Å². The first-order valence-corrected chi connectivity index (χ1v) is 8.35. The van der Waals surface area contributed by atoms with Crippen molar-refractivity contribution in [2.75, 3.05) is 6.54 Å². The van der Waals surface area contributed by atoms with Gasteiger partial charge in [-0.25, -0.2) is 9.78 Å². The van der Waals surface area contributed by atoms with Gasteiger partial charge in [0.25, 0.3) is 0 Å². The first-order valence-electron chi connectivity index (χ1n) is 8.35. The lowest BCUT2D eigenvalue weighted by Crippen LogP contribution is -2.39. The molecule has 2 amide bonds. The molecule has 0 bridgehead atoms. The van der Waals surface area contributed by atoms with Gasteiger partial charge in [0.2, 0.25) is 0 Å². The van der Waals surface area contributed by atoms with Crippen LogP contribution in [-0.2, 0) is 6.54 Å². The Kier molecular flexibility index (Phi) is 3.56. The highest BCUT2D eigenvalue weighted by Gasteiger charge is 2.53. The van der Waals surface area contributed by atoms with Gasteiger partial charge >= 0.3 is 6.03 Å². The van der Waals surface area contributed by atoms with E-state index in [1.165, 1.54) is 25.7 Å². The molecule has 0 aliphatic heterocycles. The molecule has 0 saturated heterocycles. The normalized spacial score (nSPS) is 18.4. The standard InChI is InChI=1S/C18H22N4O/c23-17(21-12-18(7-8-18)15-5-6-15)20-11-14-3-1-2-4-16(14)22-10-9-19-13-22/h1-4,9-10,13,15H,5-8,11-12H2,(H2,20,21,23). The summed E-state index contributed by atoms with van der Waals surface area (Å²) < 4.78 is 1.96. The van der Waals surface area contributed by atoms with E-state index in [0.29, 0.717) is 12.0 Å². The number of rotatable bonds is 6. The summed E-state index contributed by atoms with van der Waals surface area (Å²) in [5, 5.41) is 6.04. The molecule has 120 valence electrons. The van der Waals surface area contributed by atoms with Crippen LogP contribution < -0.4 is 10.6 Å². The van der Waals surface area contributed by atoms with Crippen LogP contribution in [0.15, 0.2) is 43.0 Å². The molecule has 1 heterocycles. The smallest absolute Gasteiger partial charge is 0.315 e. The number of nitrogens with zero attached hydrogens (tertiary/aromatic N) is 2. The van der Waals surface area contributed by atoms with Gasteiger partial charge in [0.05, 0.1) is 12.0 Å². The molecule has 0 radical (unpaired) electrons. The zero-order valence-electron chi connectivity index (χ0n) is 13.2. The Balaban J connectivity index is 1.33. The van der Waals surface area contributed by atoms with E-state index in [4.69, 9.17) is 0 Å². The number of imidazole rings is 1. The monoisotopic (exact) mass is 310 g/mol. The molecule has 0 unspecified atom stereocenters. The highest BCUT2D eigenvalue weighted by atomic mass is 16.2. The summed E-state index contributed by atoms with van der Waals surface area (Å²) in [4.78, 5) is 16.2. The van der Waals surface area contributed by atoms with Crippen molar-refractivity contribution in [3.63, 3.8) is 0 Å². The number of benzene rings is 1. The predicted molar refractivity (Wildman–Crippen MR) is 88.2 cm³/mol.